The summed E-state index contributed by atoms with van der Waals surface area (Å²) in [5.41, 5.74) is 0. The topological polar surface area (TPSA) is 64.6 Å². The molecule has 0 aromatic rings. The Labute approximate surface area is 135 Å². The zero-order valence-corrected chi connectivity index (χ0v) is 14.7. The maximum atomic E-state index is 11.4. The molecule has 0 saturated carbocycles. The SMILES string of the molecule is CC(C)CC(=O)NCCCOCCOCCCC(=O)C(C)C. The maximum absolute atomic E-state index is 11.4. The minimum absolute atomic E-state index is 0.106. The molecule has 0 heterocycles. The van der Waals surface area contributed by atoms with Crippen LogP contribution in [0, 0.1) is 11.8 Å². The third-order valence-electron chi connectivity index (χ3n) is 3.11. The van der Waals surface area contributed by atoms with Crippen LogP contribution in [0.1, 0.15) is 53.4 Å². The lowest BCUT2D eigenvalue weighted by molar-refractivity contribution is -0.122. The maximum Gasteiger partial charge on any atom is 0.220 e. The predicted octanol–water partition coefficient (Wildman–Crippen LogP) is 2.58. The summed E-state index contributed by atoms with van der Waals surface area (Å²) < 4.78 is 10.8. The number of ether oxygens (including phenoxy) is 2. The van der Waals surface area contributed by atoms with Crippen LogP contribution >= 0.6 is 0 Å². The molecule has 0 fully saturated rings. The second kappa shape index (κ2) is 13.7. The van der Waals surface area contributed by atoms with Crippen LogP contribution < -0.4 is 5.32 Å². The minimum Gasteiger partial charge on any atom is -0.379 e. The van der Waals surface area contributed by atoms with Crippen LogP contribution in [0.3, 0.4) is 0 Å². The summed E-state index contributed by atoms with van der Waals surface area (Å²) >= 11 is 0. The van der Waals surface area contributed by atoms with Crippen LogP contribution in [-0.2, 0) is 19.1 Å². The van der Waals surface area contributed by atoms with Gasteiger partial charge in [0.2, 0.25) is 5.91 Å². The van der Waals surface area contributed by atoms with E-state index in [0.29, 0.717) is 57.5 Å². The average molecular weight is 315 g/mol. The lowest BCUT2D eigenvalue weighted by Gasteiger charge is -2.08. The quantitative estimate of drug-likeness (QED) is 0.500. The zero-order chi connectivity index (χ0) is 16.8. The van der Waals surface area contributed by atoms with Gasteiger partial charge in [0.15, 0.2) is 0 Å². The Balaban J connectivity index is 3.21. The Morgan fingerprint density at radius 3 is 2.05 bits per heavy atom. The van der Waals surface area contributed by atoms with Crippen LogP contribution in [0.2, 0.25) is 0 Å². The van der Waals surface area contributed by atoms with E-state index in [1.165, 1.54) is 0 Å². The molecule has 0 atom stereocenters. The molecule has 0 rings (SSSR count). The molecule has 0 unspecified atom stereocenters. The summed E-state index contributed by atoms with van der Waals surface area (Å²) in [4.78, 5) is 22.8. The highest BCUT2D eigenvalue weighted by Crippen LogP contribution is 2.01. The van der Waals surface area contributed by atoms with Gasteiger partial charge in [-0.15, -0.1) is 0 Å². The zero-order valence-electron chi connectivity index (χ0n) is 14.7. The smallest absolute Gasteiger partial charge is 0.220 e. The number of carbonyl (C=O) groups is 2. The van der Waals surface area contributed by atoms with Crippen molar-refractivity contribution in [3.8, 4) is 0 Å². The van der Waals surface area contributed by atoms with Crippen molar-refractivity contribution in [3.05, 3.63) is 0 Å². The van der Waals surface area contributed by atoms with Crippen LogP contribution in [0.15, 0.2) is 0 Å². The summed E-state index contributed by atoms with van der Waals surface area (Å²) in [5, 5.41) is 2.87. The highest BCUT2D eigenvalue weighted by atomic mass is 16.5. The molecule has 0 aliphatic carbocycles. The van der Waals surface area contributed by atoms with Crippen molar-refractivity contribution in [2.75, 3.05) is 33.0 Å². The highest BCUT2D eigenvalue weighted by molar-refractivity contribution is 5.80. The summed E-state index contributed by atoms with van der Waals surface area (Å²) in [6.45, 7) is 10.9. The van der Waals surface area contributed by atoms with Crippen molar-refractivity contribution in [1.29, 1.82) is 0 Å². The standard InChI is InChI=1S/C17H33NO4/c1-14(2)13-17(20)18-8-6-10-22-12-11-21-9-5-7-16(19)15(3)4/h14-15H,5-13H2,1-4H3,(H,18,20). The molecule has 5 heteroatoms. The first-order chi connectivity index (χ1) is 10.4. The van der Waals surface area contributed by atoms with Crippen molar-refractivity contribution in [3.63, 3.8) is 0 Å². The Bertz CT molecular complexity index is 303. The van der Waals surface area contributed by atoms with Gasteiger partial charge >= 0.3 is 0 Å². The largest absolute Gasteiger partial charge is 0.379 e. The van der Waals surface area contributed by atoms with E-state index in [1.807, 2.05) is 27.7 Å². The first-order valence-electron chi connectivity index (χ1n) is 8.38. The van der Waals surface area contributed by atoms with Gasteiger partial charge < -0.3 is 14.8 Å². The van der Waals surface area contributed by atoms with Gasteiger partial charge in [0.1, 0.15) is 5.78 Å². The van der Waals surface area contributed by atoms with Crippen molar-refractivity contribution < 1.29 is 19.1 Å². The fraction of sp³-hybridized carbons (Fsp3) is 0.882. The van der Waals surface area contributed by atoms with Gasteiger partial charge in [0.05, 0.1) is 13.2 Å². The molecule has 0 aliphatic rings. The molecule has 0 aromatic heterocycles. The third kappa shape index (κ3) is 14.0. The van der Waals surface area contributed by atoms with E-state index in [4.69, 9.17) is 9.47 Å². The molecular formula is C17H33NO4. The number of rotatable bonds is 14. The molecular weight excluding hydrogens is 282 g/mol. The van der Waals surface area contributed by atoms with E-state index in [1.54, 1.807) is 0 Å². The van der Waals surface area contributed by atoms with Crippen molar-refractivity contribution in [2.45, 2.75) is 53.4 Å². The summed E-state index contributed by atoms with van der Waals surface area (Å²) in [6, 6.07) is 0. The number of Topliss-reactive ketones (excluding diaryl/α,β-unsaturated/α-hetero) is 1. The Morgan fingerprint density at radius 2 is 1.50 bits per heavy atom. The van der Waals surface area contributed by atoms with Crippen molar-refractivity contribution in [2.24, 2.45) is 11.8 Å². The molecule has 130 valence electrons. The van der Waals surface area contributed by atoms with Gasteiger partial charge in [0.25, 0.3) is 0 Å². The Hall–Kier alpha value is -0.940. The monoisotopic (exact) mass is 315 g/mol. The van der Waals surface area contributed by atoms with Crippen molar-refractivity contribution in [1.82, 2.24) is 5.32 Å². The molecule has 22 heavy (non-hydrogen) atoms. The fourth-order valence-corrected chi connectivity index (χ4v) is 1.80. The second-order valence-electron chi connectivity index (χ2n) is 6.25. The Morgan fingerprint density at radius 1 is 0.909 bits per heavy atom. The molecule has 0 aliphatic heterocycles. The van der Waals surface area contributed by atoms with Crippen molar-refractivity contribution >= 4 is 11.7 Å². The van der Waals surface area contributed by atoms with Crippen LogP contribution in [0.5, 0.6) is 0 Å². The number of nitrogens with one attached hydrogen (secondary N) is 1. The molecule has 0 saturated heterocycles. The first-order valence-corrected chi connectivity index (χ1v) is 8.38. The second-order valence-corrected chi connectivity index (χ2v) is 6.25. The first kappa shape index (κ1) is 21.1. The molecule has 0 radical (unpaired) electrons. The third-order valence-corrected chi connectivity index (χ3v) is 3.11. The fourth-order valence-electron chi connectivity index (χ4n) is 1.80. The van der Waals surface area contributed by atoms with E-state index in [9.17, 15) is 9.59 Å². The number of hydrogen-bond donors (Lipinski definition) is 1. The van der Waals surface area contributed by atoms with Gasteiger partial charge in [-0.1, -0.05) is 27.7 Å². The summed E-state index contributed by atoms with van der Waals surface area (Å²) in [6.07, 6.45) is 2.76. The molecule has 1 amide bonds. The summed E-state index contributed by atoms with van der Waals surface area (Å²) in [7, 11) is 0. The minimum atomic E-state index is 0.106. The highest BCUT2D eigenvalue weighted by Gasteiger charge is 2.06. The van der Waals surface area contributed by atoms with Gasteiger partial charge in [-0.05, 0) is 18.8 Å². The number of ketones is 1. The molecule has 1 N–H and O–H groups in total. The average Bonchev–Trinajstić information content (AvgIpc) is 2.43. The molecule has 0 aromatic carbocycles. The van der Waals surface area contributed by atoms with E-state index in [0.717, 1.165) is 12.8 Å². The van der Waals surface area contributed by atoms with Crippen LogP contribution in [0.4, 0.5) is 0 Å². The van der Waals surface area contributed by atoms with Crippen LogP contribution in [0.25, 0.3) is 0 Å². The van der Waals surface area contributed by atoms with Gasteiger partial charge in [-0.3, -0.25) is 9.59 Å². The molecule has 0 bridgehead atoms. The number of amides is 1. The van der Waals surface area contributed by atoms with Crippen LogP contribution in [-0.4, -0.2) is 44.7 Å². The normalized spacial score (nSPS) is 11.2. The van der Waals surface area contributed by atoms with E-state index in [2.05, 4.69) is 5.32 Å². The molecule has 0 spiro atoms. The van der Waals surface area contributed by atoms with Gasteiger partial charge in [-0.25, -0.2) is 0 Å². The lowest BCUT2D eigenvalue weighted by atomic mass is 10.1. The van der Waals surface area contributed by atoms with Gasteiger partial charge in [-0.2, -0.15) is 0 Å². The predicted molar refractivity (Wildman–Crippen MR) is 87.8 cm³/mol. The van der Waals surface area contributed by atoms with Gasteiger partial charge in [0, 0.05) is 38.5 Å². The van der Waals surface area contributed by atoms with E-state index >= 15 is 0 Å². The van der Waals surface area contributed by atoms with E-state index < -0.39 is 0 Å². The lowest BCUT2D eigenvalue weighted by Crippen LogP contribution is -2.26. The number of hydrogen-bond acceptors (Lipinski definition) is 4. The summed E-state index contributed by atoms with van der Waals surface area (Å²) in [5.74, 6) is 0.905. The Kier molecular flexibility index (Phi) is 13.1. The number of carbonyl (C=O) groups excluding carboxylic acids is 2. The van der Waals surface area contributed by atoms with E-state index in [-0.39, 0.29) is 11.8 Å². The molecule has 5 nitrogen and oxygen atoms in total.